The molecule has 0 saturated carbocycles. The summed E-state index contributed by atoms with van der Waals surface area (Å²) in [6.45, 7) is 3.81. The zero-order chi connectivity index (χ0) is 24.6. The molecule has 2 rings (SSSR count). The van der Waals surface area contributed by atoms with Crippen molar-refractivity contribution in [2.45, 2.75) is 32.7 Å². The molecule has 0 aromatic heterocycles. The number of hydrogen-bond donors (Lipinski definition) is 1. The molecule has 33 heavy (non-hydrogen) atoms. The van der Waals surface area contributed by atoms with E-state index in [9.17, 15) is 18.0 Å². The third kappa shape index (κ3) is 8.21. The van der Waals surface area contributed by atoms with Crippen LogP contribution in [0.25, 0.3) is 0 Å². The first-order valence-electron chi connectivity index (χ1n) is 10.6. The molecule has 2 amide bonds. The predicted molar refractivity (Wildman–Crippen MR) is 133 cm³/mol. The zero-order valence-corrected chi connectivity index (χ0v) is 21.3. The minimum absolute atomic E-state index is 0.175. The van der Waals surface area contributed by atoms with Crippen molar-refractivity contribution in [2.75, 3.05) is 30.2 Å². The smallest absolute Gasteiger partial charge is 0.244 e. The van der Waals surface area contributed by atoms with Crippen LogP contribution < -0.4 is 9.62 Å². The number of anilines is 1. The van der Waals surface area contributed by atoms with Crippen molar-refractivity contribution in [1.29, 1.82) is 0 Å². The molecular weight excluding hydrogens is 485 g/mol. The van der Waals surface area contributed by atoms with E-state index >= 15 is 0 Å². The Labute approximate surface area is 205 Å². The molecule has 180 valence electrons. The third-order valence-corrected chi connectivity index (χ3v) is 6.59. The Morgan fingerprint density at radius 1 is 1.06 bits per heavy atom. The van der Waals surface area contributed by atoms with Gasteiger partial charge in [-0.15, -0.1) is 0 Å². The Bertz CT molecular complexity index is 1040. The first kappa shape index (κ1) is 27.0. The van der Waals surface area contributed by atoms with E-state index in [0.717, 1.165) is 22.5 Å². The number of nitrogens with zero attached hydrogens (tertiary/aromatic N) is 2. The minimum Gasteiger partial charge on any atom is -0.354 e. The highest BCUT2D eigenvalue weighted by atomic mass is 35.5. The van der Waals surface area contributed by atoms with Crippen molar-refractivity contribution in [2.24, 2.45) is 0 Å². The molecule has 0 fully saturated rings. The van der Waals surface area contributed by atoms with E-state index in [1.165, 1.54) is 23.1 Å². The van der Waals surface area contributed by atoms with Gasteiger partial charge in [-0.3, -0.25) is 13.9 Å². The summed E-state index contributed by atoms with van der Waals surface area (Å²) in [5, 5.41) is 3.28. The zero-order valence-electron chi connectivity index (χ0n) is 18.9. The second kappa shape index (κ2) is 12.3. The number of rotatable bonds is 11. The molecule has 0 heterocycles. The summed E-state index contributed by atoms with van der Waals surface area (Å²) < 4.78 is 26.0. The third-order valence-electron chi connectivity index (χ3n) is 5.02. The van der Waals surface area contributed by atoms with E-state index in [4.69, 9.17) is 23.2 Å². The van der Waals surface area contributed by atoms with E-state index in [1.54, 1.807) is 6.92 Å². The Hall–Kier alpha value is -2.29. The van der Waals surface area contributed by atoms with Crippen LogP contribution in [-0.2, 0) is 26.0 Å². The molecule has 1 atom stereocenters. The summed E-state index contributed by atoms with van der Waals surface area (Å²) in [5.74, 6) is -0.804. The van der Waals surface area contributed by atoms with Gasteiger partial charge in [-0.1, -0.05) is 60.5 Å². The van der Waals surface area contributed by atoms with Gasteiger partial charge in [0, 0.05) is 23.1 Å². The number of carbonyl (C=O) groups is 2. The van der Waals surface area contributed by atoms with Gasteiger partial charge in [0.1, 0.15) is 12.6 Å². The van der Waals surface area contributed by atoms with Crippen LogP contribution in [0, 0.1) is 0 Å². The summed E-state index contributed by atoms with van der Waals surface area (Å²) in [7, 11) is -3.84. The molecule has 10 heteroatoms. The van der Waals surface area contributed by atoms with Gasteiger partial charge < -0.3 is 10.2 Å². The predicted octanol–water partition coefficient (Wildman–Crippen LogP) is 3.75. The van der Waals surface area contributed by atoms with E-state index < -0.39 is 28.5 Å². The van der Waals surface area contributed by atoms with Gasteiger partial charge in [0.2, 0.25) is 21.8 Å². The number of sulfonamides is 1. The van der Waals surface area contributed by atoms with Crippen LogP contribution in [0.1, 0.15) is 25.8 Å². The lowest BCUT2D eigenvalue weighted by atomic mass is 10.1. The van der Waals surface area contributed by atoms with Crippen LogP contribution in [0.2, 0.25) is 10.0 Å². The van der Waals surface area contributed by atoms with Crippen molar-refractivity contribution in [3.8, 4) is 0 Å². The first-order chi connectivity index (χ1) is 15.5. The Morgan fingerprint density at radius 2 is 1.67 bits per heavy atom. The van der Waals surface area contributed by atoms with Gasteiger partial charge in [0.15, 0.2) is 0 Å². The van der Waals surface area contributed by atoms with Crippen LogP contribution in [0.15, 0.2) is 48.5 Å². The maximum atomic E-state index is 13.4. The van der Waals surface area contributed by atoms with Crippen LogP contribution >= 0.6 is 23.2 Å². The monoisotopic (exact) mass is 513 g/mol. The van der Waals surface area contributed by atoms with Gasteiger partial charge in [0.05, 0.1) is 11.9 Å². The number of halogens is 2. The van der Waals surface area contributed by atoms with Gasteiger partial charge >= 0.3 is 0 Å². The second-order valence-electron chi connectivity index (χ2n) is 7.69. The van der Waals surface area contributed by atoms with Gasteiger partial charge in [-0.25, -0.2) is 8.42 Å². The molecule has 0 aliphatic heterocycles. The molecule has 7 nitrogen and oxygen atoms in total. The summed E-state index contributed by atoms with van der Waals surface area (Å²) in [4.78, 5) is 27.4. The number of nitrogens with one attached hydrogen (secondary N) is 1. The van der Waals surface area contributed by atoms with Gasteiger partial charge in [-0.2, -0.15) is 0 Å². The molecule has 0 aliphatic carbocycles. The fraction of sp³-hybridized carbons (Fsp3) is 0.391. The highest BCUT2D eigenvalue weighted by molar-refractivity contribution is 7.92. The number of amides is 2. The summed E-state index contributed by atoms with van der Waals surface area (Å²) in [6, 6.07) is 13.1. The molecule has 0 unspecified atom stereocenters. The summed E-state index contributed by atoms with van der Waals surface area (Å²) in [6.07, 6.45) is 2.27. The molecule has 0 aliphatic rings. The van der Waals surface area contributed by atoms with E-state index in [-0.39, 0.29) is 28.2 Å². The van der Waals surface area contributed by atoms with Crippen LogP contribution in [-0.4, -0.2) is 57.1 Å². The number of carbonyl (C=O) groups excluding carboxylic acids is 2. The van der Waals surface area contributed by atoms with Crippen LogP contribution in [0.4, 0.5) is 5.69 Å². The normalized spacial score (nSPS) is 12.2. The largest absolute Gasteiger partial charge is 0.354 e. The molecule has 0 saturated heterocycles. The fourth-order valence-corrected chi connectivity index (χ4v) is 4.61. The lowest BCUT2D eigenvalue weighted by Gasteiger charge is -2.31. The molecule has 1 N–H and O–H groups in total. The van der Waals surface area contributed by atoms with Crippen molar-refractivity contribution in [3.05, 3.63) is 64.1 Å². The molecule has 0 bridgehead atoms. The lowest BCUT2D eigenvalue weighted by molar-refractivity contribution is -0.138. The SMILES string of the molecule is CCCNC(=O)[C@H](C)N(CCc1ccccc1)C(=O)CN(c1cc(Cl)cc(Cl)c1)S(C)(=O)=O. The molecular formula is C23H29Cl2N3O4S. The number of hydrogen-bond acceptors (Lipinski definition) is 4. The van der Waals surface area contributed by atoms with Crippen molar-refractivity contribution in [3.63, 3.8) is 0 Å². The minimum atomic E-state index is -3.84. The molecule has 2 aromatic carbocycles. The molecule has 2 aromatic rings. The Balaban J connectivity index is 2.32. The average Bonchev–Trinajstić information content (AvgIpc) is 2.75. The van der Waals surface area contributed by atoms with Gasteiger partial charge in [-0.05, 0) is 43.5 Å². The highest BCUT2D eigenvalue weighted by Gasteiger charge is 2.29. The molecule has 0 radical (unpaired) electrons. The van der Waals surface area contributed by atoms with Crippen LogP contribution in [0.3, 0.4) is 0 Å². The average molecular weight is 514 g/mol. The van der Waals surface area contributed by atoms with E-state index in [2.05, 4.69) is 5.32 Å². The fourth-order valence-electron chi connectivity index (χ4n) is 3.26. The van der Waals surface area contributed by atoms with Crippen molar-refractivity contribution in [1.82, 2.24) is 10.2 Å². The quantitative estimate of drug-likeness (QED) is 0.495. The topological polar surface area (TPSA) is 86.8 Å². The van der Waals surface area contributed by atoms with Crippen molar-refractivity contribution >= 4 is 50.7 Å². The van der Waals surface area contributed by atoms with Crippen molar-refractivity contribution < 1.29 is 18.0 Å². The first-order valence-corrected chi connectivity index (χ1v) is 13.2. The Kier molecular flexibility index (Phi) is 10.0. The molecule has 0 spiro atoms. The standard InChI is InChI=1S/C23H29Cl2N3O4S/c1-4-11-26-23(30)17(2)27(12-10-18-8-6-5-7-9-18)22(29)16-28(33(3,31)32)21-14-19(24)13-20(25)15-21/h5-9,13-15,17H,4,10-12,16H2,1-3H3,(H,26,30)/t17-/m0/s1. The van der Waals surface area contributed by atoms with E-state index in [1.807, 2.05) is 37.3 Å². The van der Waals surface area contributed by atoms with Crippen LogP contribution in [0.5, 0.6) is 0 Å². The number of benzene rings is 2. The highest BCUT2D eigenvalue weighted by Crippen LogP contribution is 2.27. The maximum absolute atomic E-state index is 13.4. The van der Waals surface area contributed by atoms with E-state index in [0.29, 0.717) is 13.0 Å². The summed E-state index contributed by atoms with van der Waals surface area (Å²) in [5.41, 5.74) is 1.17. The summed E-state index contributed by atoms with van der Waals surface area (Å²) >= 11 is 12.1. The Morgan fingerprint density at radius 3 is 2.21 bits per heavy atom. The maximum Gasteiger partial charge on any atom is 0.244 e. The lowest BCUT2D eigenvalue weighted by Crippen LogP contribution is -2.52. The second-order valence-corrected chi connectivity index (χ2v) is 10.5. The van der Waals surface area contributed by atoms with Gasteiger partial charge in [0.25, 0.3) is 0 Å².